The maximum atomic E-state index is 13.7. The quantitative estimate of drug-likeness (QED) is 0.370. The molecule has 3 heterocycles. The van der Waals surface area contributed by atoms with Crippen molar-refractivity contribution >= 4 is 29.2 Å². The number of thioether (sulfide) groups is 1. The molecule has 0 spiro atoms. The molecule has 4 rings (SSSR count). The minimum absolute atomic E-state index is 0.0412. The van der Waals surface area contributed by atoms with Crippen molar-refractivity contribution in [2.24, 2.45) is 0 Å². The fourth-order valence-corrected chi connectivity index (χ4v) is 5.27. The molecule has 1 aliphatic rings. The van der Waals surface area contributed by atoms with E-state index in [4.69, 9.17) is 27.6 Å². The lowest BCUT2D eigenvalue weighted by atomic mass is 9.97. The van der Waals surface area contributed by atoms with E-state index < -0.39 is 53.8 Å². The van der Waals surface area contributed by atoms with Crippen molar-refractivity contribution in [3.05, 3.63) is 70.7 Å². The third-order valence-corrected chi connectivity index (χ3v) is 6.84. The molecular weight excluding hydrogens is 509 g/mol. The van der Waals surface area contributed by atoms with Crippen LogP contribution in [0.15, 0.2) is 41.7 Å². The summed E-state index contributed by atoms with van der Waals surface area (Å²) in [6.07, 6.45) is 0.873. The number of nitrogens with zero attached hydrogens (tertiary/aromatic N) is 4. The number of aliphatic hydroxyl groups excluding tert-OH is 2. The molecule has 35 heavy (non-hydrogen) atoms. The minimum atomic E-state index is -1.58. The summed E-state index contributed by atoms with van der Waals surface area (Å²) in [4.78, 5) is 7.78. The SMILES string of the molecule is [C-]#[N+]c1ncc(Cl)cc1S[C@H]1OC(CO)[C@H](O)[C@H](n2cc(-c3cc(F)c(F)c(F)c3)cn2)C1OC. The highest BCUT2D eigenvalue weighted by molar-refractivity contribution is 8.00. The van der Waals surface area contributed by atoms with Crippen LogP contribution in [0.4, 0.5) is 19.0 Å². The van der Waals surface area contributed by atoms with E-state index in [1.54, 1.807) is 6.07 Å². The van der Waals surface area contributed by atoms with Crippen molar-refractivity contribution in [2.75, 3.05) is 13.7 Å². The summed E-state index contributed by atoms with van der Waals surface area (Å²) < 4.78 is 53.6. The molecular formula is C22H18ClF3N4O4S. The van der Waals surface area contributed by atoms with Crippen molar-refractivity contribution in [3.8, 4) is 11.1 Å². The van der Waals surface area contributed by atoms with E-state index in [1.807, 2.05) is 0 Å². The summed E-state index contributed by atoms with van der Waals surface area (Å²) in [6.45, 7) is 6.81. The van der Waals surface area contributed by atoms with Crippen LogP contribution in [0.2, 0.25) is 5.02 Å². The first-order valence-corrected chi connectivity index (χ1v) is 11.4. The molecule has 0 radical (unpaired) electrons. The van der Waals surface area contributed by atoms with Gasteiger partial charge in [-0.2, -0.15) is 5.10 Å². The molecule has 0 bridgehead atoms. The molecule has 13 heteroatoms. The van der Waals surface area contributed by atoms with Crippen LogP contribution in [0, 0.1) is 24.0 Å². The highest BCUT2D eigenvalue weighted by atomic mass is 35.5. The lowest BCUT2D eigenvalue weighted by molar-refractivity contribution is -0.186. The largest absolute Gasteiger partial charge is 0.394 e. The van der Waals surface area contributed by atoms with E-state index in [2.05, 4.69) is 14.9 Å². The Kier molecular flexibility index (Phi) is 7.65. The van der Waals surface area contributed by atoms with E-state index >= 15 is 0 Å². The van der Waals surface area contributed by atoms with Crippen LogP contribution in [0.25, 0.3) is 16.0 Å². The van der Waals surface area contributed by atoms with Crippen LogP contribution < -0.4 is 0 Å². The smallest absolute Gasteiger partial charge is 0.283 e. The molecule has 2 unspecified atom stereocenters. The Labute approximate surface area is 207 Å². The van der Waals surface area contributed by atoms with Gasteiger partial charge in [0.05, 0.1) is 17.8 Å². The van der Waals surface area contributed by atoms with Crippen LogP contribution in [0.1, 0.15) is 6.04 Å². The fraction of sp³-hybridized carbons (Fsp3) is 0.318. The van der Waals surface area contributed by atoms with Crippen LogP contribution in [0.5, 0.6) is 0 Å². The molecule has 1 aromatic carbocycles. The zero-order valence-corrected chi connectivity index (χ0v) is 19.6. The molecule has 1 saturated heterocycles. The predicted octanol–water partition coefficient (Wildman–Crippen LogP) is 3.99. The van der Waals surface area contributed by atoms with E-state index in [1.165, 1.54) is 30.4 Å². The third-order valence-electron chi connectivity index (χ3n) is 5.47. The molecule has 8 nitrogen and oxygen atoms in total. The van der Waals surface area contributed by atoms with Gasteiger partial charge in [-0.3, -0.25) is 4.68 Å². The Morgan fingerprint density at radius 1 is 1.23 bits per heavy atom. The second kappa shape index (κ2) is 10.5. The Bertz CT molecular complexity index is 1250. The monoisotopic (exact) mass is 526 g/mol. The standard InChI is InChI=1S/C22H18ClF3N4O4S/c1-27-21-16(5-12(23)7-28-21)35-22-20(33-2)18(19(32)15(9-31)34-22)30-8-11(6-29-30)10-3-13(24)17(26)14(25)4-10/h3-8,15,18-20,22,31-32H,9H2,2H3/t15?,18-,19-,20?,22+/m0/s1. The summed E-state index contributed by atoms with van der Waals surface area (Å²) in [6, 6.07) is 2.30. The van der Waals surface area contributed by atoms with Crippen molar-refractivity contribution in [2.45, 2.75) is 34.7 Å². The molecule has 5 atom stereocenters. The maximum absolute atomic E-state index is 13.7. The van der Waals surface area contributed by atoms with Gasteiger partial charge in [0.1, 0.15) is 36.0 Å². The number of aliphatic hydroxyl groups is 2. The average Bonchev–Trinajstić information content (AvgIpc) is 3.32. The molecule has 1 fully saturated rings. The molecule has 0 saturated carbocycles. The summed E-state index contributed by atoms with van der Waals surface area (Å²) >= 11 is 7.12. The van der Waals surface area contributed by atoms with E-state index in [0.717, 1.165) is 23.9 Å². The first-order chi connectivity index (χ1) is 16.8. The Hall–Kier alpha value is -2.66. The number of methoxy groups -OCH3 is 1. The Morgan fingerprint density at radius 2 is 1.94 bits per heavy atom. The number of aromatic nitrogens is 3. The number of hydrogen-bond donors (Lipinski definition) is 2. The van der Waals surface area contributed by atoms with E-state index in [9.17, 15) is 23.4 Å². The molecule has 2 N–H and O–H groups in total. The van der Waals surface area contributed by atoms with Gasteiger partial charge in [-0.1, -0.05) is 18.2 Å². The van der Waals surface area contributed by atoms with E-state index in [0.29, 0.717) is 9.92 Å². The van der Waals surface area contributed by atoms with Crippen molar-refractivity contribution < 1.29 is 32.9 Å². The van der Waals surface area contributed by atoms with Gasteiger partial charge in [0.2, 0.25) is 0 Å². The van der Waals surface area contributed by atoms with Gasteiger partial charge < -0.3 is 24.5 Å². The summed E-state index contributed by atoms with van der Waals surface area (Å²) in [5.41, 5.74) is -0.533. The van der Waals surface area contributed by atoms with Crippen LogP contribution >= 0.6 is 23.4 Å². The molecule has 2 aromatic heterocycles. The molecule has 0 aliphatic carbocycles. The second-order valence-corrected chi connectivity index (χ2v) is 9.15. The second-order valence-electron chi connectivity index (χ2n) is 7.57. The summed E-state index contributed by atoms with van der Waals surface area (Å²) in [5.74, 6) is -4.20. The molecule has 1 aliphatic heterocycles. The molecule has 184 valence electrons. The van der Waals surface area contributed by atoms with Gasteiger partial charge in [0, 0.05) is 23.8 Å². The first kappa shape index (κ1) is 25.4. The van der Waals surface area contributed by atoms with Crippen molar-refractivity contribution in [3.63, 3.8) is 0 Å². The zero-order chi connectivity index (χ0) is 25.3. The Balaban J connectivity index is 1.70. The Morgan fingerprint density at radius 3 is 2.57 bits per heavy atom. The fourth-order valence-electron chi connectivity index (χ4n) is 3.79. The number of ether oxygens (including phenoxy) is 2. The highest BCUT2D eigenvalue weighted by Gasteiger charge is 2.47. The van der Waals surface area contributed by atoms with Crippen LogP contribution in [-0.4, -0.2) is 62.4 Å². The zero-order valence-electron chi connectivity index (χ0n) is 18.0. The average molecular weight is 527 g/mol. The lowest BCUT2D eigenvalue weighted by Gasteiger charge is -2.43. The number of rotatable bonds is 6. The molecule has 3 aromatic rings. The van der Waals surface area contributed by atoms with Gasteiger partial charge in [0.25, 0.3) is 5.82 Å². The topological polar surface area (TPSA) is 94.0 Å². The molecule has 0 amide bonds. The minimum Gasteiger partial charge on any atom is -0.394 e. The van der Waals surface area contributed by atoms with Crippen molar-refractivity contribution in [1.82, 2.24) is 14.8 Å². The van der Waals surface area contributed by atoms with Gasteiger partial charge in [-0.25, -0.2) is 13.2 Å². The number of benzene rings is 1. The summed E-state index contributed by atoms with van der Waals surface area (Å²) in [5, 5.41) is 25.3. The third kappa shape index (κ3) is 5.02. The number of halogens is 4. The summed E-state index contributed by atoms with van der Waals surface area (Å²) in [7, 11) is 1.39. The maximum Gasteiger partial charge on any atom is 0.283 e. The van der Waals surface area contributed by atoms with Gasteiger partial charge >= 0.3 is 0 Å². The van der Waals surface area contributed by atoms with Gasteiger partial charge in [-0.15, -0.1) is 16.7 Å². The predicted molar refractivity (Wildman–Crippen MR) is 120 cm³/mol. The lowest BCUT2D eigenvalue weighted by Crippen LogP contribution is -2.55. The first-order valence-electron chi connectivity index (χ1n) is 10.1. The highest BCUT2D eigenvalue weighted by Crippen LogP contribution is 2.42. The van der Waals surface area contributed by atoms with E-state index in [-0.39, 0.29) is 16.9 Å². The van der Waals surface area contributed by atoms with Gasteiger partial charge in [-0.05, 0) is 23.8 Å². The number of pyridine rings is 1. The van der Waals surface area contributed by atoms with Gasteiger partial charge in [0.15, 0.2) is 17.5 Å². The van der Waals surface area contributed by atoms with Crippen molar-refractivity contribution in [1.29, 1.82) is 0 Å². The number of hydrogen-bond acceptors (Lipinski definition) is 7. The van der Waals surface area contributed by atoms with Crippen LogP contribution in [-0.2, 0) is 9.47 Å². The normalized spacial score (nSPS) is 24.3. The van der Waals surface area contributed by atoms with Crippen LogP contribution in [0.3, 0.4) is 0 Å².